The summed E-state index contributed by atoms with van der Waals surface area (Å²) in [6.45, 7) is 5.29. The van der Waals surface area contributed by atoms with E-state index in [0.717, 1.165) is 0 Å². The van der Waals surface area contributed by atoms with Crippen LogP contribution in [0, 0.1) is 11.3 Å². The molecular formula is C14H17ClN2O3. The Kier molecular flexibility index (Phi) is 5.37. The number of benzene rings is 1. The fourth-order valence-electron chi connectivity index (χ4n) is 1.49. The van der Waals surface area contributed by atoms with Crippen LogP contribution in [-0.4, -0.2) is 16.8 Å². The van der Waals surface area contributed by atoms with Gasteiger partial charge in [0.25, 0.3) is 0 Å². The molecule has 1 unspecified atom stereocenters. The van der Waals surface area contributed by atoms with Crippen molar-refractivity contribution in [2.45, 2.75) is 38.9 Å². The number of rotatable bonds is 3. The van der Waals surface area contributed by atoms with Gasteiger partial charge in [0.05, 0.1) is 18.6 Å². The third-order valence-corrected chi connectivity index (χ3v) is 2.62. The summed E-state index contributed by atoms with van der Waals surface area (Å²) in [6, 6.07) is 6.52. The molecule has 5 nitrogen and oxygen atoms in total. The standard InChI is InChI=1S/C14H17ClN2O3/c1-14(2,3)20-13(19)17-9-4-5-10(11(15)8-9)12(18)6-7-16/h4-5,8,12,18H,6H2,1-3H3,(H,17,19). The maximum Gasteiger partial charge on any atom is 0.412 e. The quantitative estimate of drug-likeness (QED) is 0.892. The molecule has 20 heavy (non-hydrogen) atoms. The van der Waals surface area contributed by atoms with Gasteiger partial charge >= 0.3 is 6.09 Å². The lowest BCUT2D eigenvalue weighted by atomic mass is 10.1. The topological polar surface area (TPSA) is 82.3 Å². The number of nitriles is 1. The van der Waals surface area contributed by atoms with Gasteiger partial charge in [-0.1, -0.05) is 17.7 Å². The van der Waals surface area contributed by atoms with Gasteiger partial charge in [-0.15, -0.1) is 0 Å². The Hall–Kier alpha value is -1.77. The highest BCUT2D eigenvalue weighted by Gasteiger charge is 2.17. The SMILES string of the molecule is CC(C)(C)OC(=O)Nc1ccc(C(O)CC#N)c(Cl)c1. The molecule has 0 aliphatic heterocycles. The zero-order valence-corrected chi connectivity index (χ0v) is 12.4. The number of carbonyl (C=O) groups is 1. The normalized spacial score (nSPS) is 12.4. The summed E-state index contributed by atoms with van der Waals surface area (Å²) >= 11 is 6.02. The number of amides is 1. The molecular weight excluding hydrogens is 280 g/mol. The Morgan fingerprint density at radius 2 is 2.20 bits per heavy atom. The van der Waals surface area contributed by atoms with E-state index in [0.29, 0.717) is 11.3 Å². The highest BCUT2D eigenvalue weighted by Crippen LogP contribution is 2.28. The minimum atomic E-state index is -0.942. The van der Waals surface area contributed by atoms with E-state index in [1.807, 2.05) is 6.07 Å². The van der Waals surface area contributed by atoms with Crippen LogP contribution in [0.1, 0.15) is 38.9 Å². The minimum absolute atomic E-state index is 0.0431. The highest BCUT2D eigenvalue weighted by molar-refractivity contribution is 6.31. The number of hydrogen-bond acceptors (Lipinski definition) is 4. The molecule has 1 rings (SSSR count). The van der Waals surface area contributed by atoms with Gasteiger partial charge in [-0.3, -0.25) is 5.32 Å². The van der Waals surface area contributed by atoms with Gasteiger partial charge in [-0.05, 0) is 32.9 Å². The molecule has 108 valence electrons. The van der Waals surface area contributed by atoms with Gasteiger partial charge < -0.3 is 9.84 Å². The molecule has 0 spiro atoms. The zero-order chi connectivity index (χ0) is 15.3. The van der Waals surface area contributed by atoms with E-state index in [1.165, 1.54) is 6.07 Å². The Morgan fingerprint density at radius 1 is 1.55 bits per heavy atom. The van der Waals surface area contributed by atoms with E-state index in [-0.39, 0.29) is 11.4 Å². The number of nitrogens with zero attached hydrogens (tertiary/aromatic N) is 1. The minimum Gasteiger partial charge on any atom is -0.444 e. The number of aliphatic hydroxyl groups excluding tert-OH is 1. The average Bonchev–Trinajstić information content (AvgIpc) is 2.26. The number of hydrogen-bond donors (Lipinski definition) is 2. The zero-order valence-electron chi connectivity index (χ0n) is 11.6. The molecule has 0 aromatic heterocycles. The molecule has 6 heteroatoms. The lowest BCUT2D eigenvalue weighted by Gasteiger charge is -2.20. The molecule has 1 aromatic rings. The van der Waals surface area contributed by atoms with E-state index in [1.54, 1.807) is 32.9 Å². The first-order valence-corrected chi connectivity index (χ1v) is 6.45. The van der Waals surface area contributed by atoms with Gasteiger partial charge in [-0.25, -0.2) is 4.79 Å². The Balaban J connectivity index is 2.78. The molecule has 0 aliphatic carbocycles. The lowest BCUT2D eigenvalue weighted by molar-refractivity contribution is 0.0636. The average molecular weight is 297 g/mol. The predicted molar refractivity (Wildman–Crippen MR) is 76.5 cm³/mol. The summed E-state index contributed by atoms with van der Waals surface area (Å²) in [6.07, 6.45) is -1.57. The van der Waals surface area contributed by atoms with Crippen LogP contribution >= 0.6 is 11.6 Å². The van der Waals surface area contributed by atoms with E-state index >= 15 is 0 Å². The number of ether oxygens (including phenoxy) is 1. The van der Waals surface area contributed by atoms with Crippen LogP contribution in [0.15, 0.2) is 18.2 Å². The number of nitrogens with one attached hydrogen (secondary N) is 1. The summed E-state index contributed by atoms with van der Waals surface area (Å²) in [5.74, 6) is 0. The van der Waals surface area contributed by atoms with Crippen molar-refractivity contribution in [3.05, 3.63) is 28.8 Å². The monoisotopic (exact) mass is 296 g/mol. The lowest BCUT2D eigenvalue weighted by Crippen LogP contribution is -2.27. The molecule has 1 amide bonds. The summed E-state index contributed by atoms with van der Waals surface area (Å²) in [5, 5.41) is 21.1. The molecule has 2 N–H and O–H groups in total. The van der Waals surface area contributed by atoms with Gasteiger partial charge in [-0.2, -0.15) is 5.26 Å². The van der Waals surface area contributed by atoms with Crippen LogP contribution in [0.25, 0.3) is 0 Å². The third-order valence-electron chi connectivity index (χ3n) is 2.29. The molecule has 0 saturated heterocycles. The van der Waals surface area contributed by atoms with Gasteiger partial charge in [0.2, 0.25) is 0 Å². The van der Waals surface area contributed by atoms with Gasteiger partial charge in [0.15, 0.2) is 0 Å². The van der Waals surface area contributed by atoms with Crippen molar-refractivity contribution in [3.63, 3.8) is 0 Å². The number of halogens is 1. The first-order chi connectivity index (χ1) is 9.23. The van der Waals surface area contributed by atoms with Crippen molar-refractivity contribution in [1.82, 2.24) is 0 Å². The first-order valence-electron chi connectivity index (χ1n) is 6.07. The van der Waals surface area contributed by atoms with Crippen molar-refractivity contribution >= 4 is 23.4 Å². The predicted octanol–water partition coefficient (Wildman–Crippen LogP) is 3.63. The van der Waals surface area contributed by atoms with Crippen molar-refractivity contribution in [2.75, 3.05) is 5.32 Å². The van der Waals surface area contributed by atoms with Gasteiger partial charge in [0.1, 0.15) is 5.60 Å². The molecule has 1 aromatic carbocycles. The maximum atomic E-state index is 11.6. The molecule has 0 fully saturated rings. The molecule has 0 radical (unpaired) electrons. The molecule has 0 bridgehead atoms. The number of carbonyl (C=O) groups excluding carboxylic acids is 1. The molecule has 1 atom stereocenters. The molecule has 0 aliphatic rings. The Bertz CT molecular complexity index is 532. The van der Waals surface area contributed by atoms with Crippen molar-refractivity contribution in [1.29, 1.82) is 5.26 Å². The second kappa shape index (κ2) is 6.60. The fourth-order valence-corrected chi connectivity index (χ4v) is 1.80. The summed E-state index contributed by atoms with van der Waals surface area (Å²) < 4.78 is 5.11. The number of anilines is 1. The molecule has 0 heterocycles. The van der Waals surface area contributed by atoms with Gasteiger partial charge in [0, 0.05) is 16.3 Å². The van der Waals surface area contributed by atoms with Crippen LogP contribution in [0.5, 0.6) is 0 Å². The highest BCUT2D eigenvalue weighted by atomic mass is 35.5. The van der Waals surface area contributed by atoms with E-state index in [2.05, 4.69) is 5.32 Å². The largest absolute Gasteiger partial charge is 0.444 e. The van der Waals surface area contributed by atoms with Crippen molar-refractivity contribution in [3.8, 4) is 6.07 Å². The first kappa shape index (κ1) is 16.3. The van der Waals surface area contributed by atoms with Crippen LogP contribution < -0.4 is 5.32 Å². The summed E-state index contributed by atoms with van der Waals surface area (Å²) in [4.78, 5) is 11.6. The van der Waals surface area contributed by atoms with E-state index in [4.69, 9.17) is 21.6 Å². The van der Waals surface area contributed by atoms with Crippen LogP contribution in [-0.2, 0) is 4.74 Å². The molecule has 0 saturated carbocycles. The van der Waals surface area contributed by atoms with E-state index in [9.17, 15) is 9.90 Å². The second-order valence-electron chi connectivity index (χ2n) is 5.24. The number of aliphatic hydroxyl groups is 1. The van der Waals surface area contributed by atoms with Crippen molar-refractivity contribution in [2.24, 2.45) is 0 Å². The summed E-state index contributed by atoms with van der Waals surface area (Å²) in [7, 11) is 0. The van der Waals surface area contributed by atoms with E-state index < -0.39 is 17.8 Å². The van der Waals surface area contributed by atoms with Crippen LogP contribution in [0.4, 0.5) is 10.5 Å². The second-order valence-corrected chi connectivity index (χ2v) is 5.65. The third kappa shape index (κ3) is 5.08. The van der Waals surface area contributed by atoms with Crippen LogP contribution in [0.3, 0.4) is 0 Å². The van der Waals surface area contributed by atoms with Crippen LogP contribution in [0.2, 0.25) is 5.02 Å². The van der Waals surface area contributed by atoms with Crippen molar-refractivity contribution < 1.29 is 14.6 Å². The maximum absolute atomic E-state index is 11.6. The fraction of sp³-hybridized carbons (Fsp3) is 0.429. The Morgan fingerprint density at radius 3 is 2.70 bits per heavy atom. The summed E-state index contributed by atoms with van der Waals surface area (Å²) in [5.41, 5.74) is 0.316. The Labute approximate surface area is 123 Å². The smallest absolute Gasteiger partial charge is 0.412 e.